The fourth-order valence-electron chi connectivity index (χ4n) is 4.38. The molecule has 2 aromatic heterocycles. The Hall–Kier alpha value is -3.00. The van der Waals surface area contributed by atoms with Crippen molar-refractivity contribution in [2.24, 2.45) is 0 Å². The lowest BCUT2D eigenvalue weighted by atomic mass is 9.87. The van der Waals surface area contributed by atoms with E-state index in [-0.39, 0.29) is 22.8 Å². The molecule has 1 aromatic carbocycles. The minimum atomic E-state index is -0.605. The van der Waals surface area contributed by atoms with E-state index in [2.05, 4.69) is 34.3 Å². The molecule has 1 fully saturated rings. The van der Waals surface area contributed by atoms with Gasteiger partial charge in [0.2, 0.25) is 0 Å². The molecule has 3 N–H and O–H groups in total. The van der Waals surface area contributed by atoms with E-state index in [4.69, 9.17) is 0 Å². The van der Waals surface area contributed by atoms with Gasteiger partial charge < -0.3 is 15.3 Å². The predicted octanol–water partition coefficient (Wildman–Crippen LogP) is 3.38. The SMILES string of the molecule is CCC1(CC)CNCCN1C(=O)c1cc(-c2ccc(O)cc2F)nc2n[nH]c(C)c12. The Kier molecular flexibility index (Phi) is 5.19. The number of rotatable bonds is 4. The van der Waals surface area contributed by atoms with Gasteiger partial charge in [0.25, 0.3) is 5.91 Å². The second-order valence-electron chi connectivity index (χ2n) is 7.83. The number of nitrogens with one attached hydrogen (secondary N) is 2. The number of hydrogen-bond donors (Lipinski definition) is 3. The monoisotopic (exact) mass is 411 g/mol. The number of pyridine rings is 1. The highest BCUT2D eigenvalue weighted by atomic mass is 19.1. The van der Waals surface area contributed by atoms with E-state index in [9.17, 15) is 14.3 Å². The van der Waals surface area contributed by atoms with Gasteiger partial charge in [0.05, 0.1) is 22.2 Å². The minimum Gasteiger partial charge on any atom is -0.508 e. The highest BCUT2D eigenvalue weighted by molar-refractivity contribution is 6.07. The number of H-pyrrole nitrogens is 1. The van der Waals surface area contributed by atoms with Gasteiger partial charge in [-0.15, -0.1) is 0 Å². The number of aromatic amines is 1. The van der Waals surface area contributed by atoms with Gasteiger partial charge in [0.15, 0.2) is 5.65 Å². The Bertz CT molecular complexity index is 1110. The maximum atomic E-state index is 14.5. The average molecular weight is 411 g/mol. The maximum absolute atomic E-state index is 14.5. The van der Waals surface area contributed by atoms with E-state index in [1.807, 2.05) is 11.8 Å². The number of carbonyl (C=O) groups excluding carboxylic acids is 1. The molecule has 0 radical (unpaired) electrons. The highest BCUT2D eigenvalue weighted by Crippen LogP contribution is 2.33. The first-order chi connectivity index (χ1) is 14.4. The summed E-state index contributed by atoms with van der Waals surface area (Å²) in [6.45, 7) is 8.11. The normalized spacial score (nSPS) is 16.2. The Balaban J connectivity index is 1.89. The summed E-state index contributed by atoms with van der Waals surface area (Å²) in [5.74, 6) is -0.871. The third-order valence-electron chi connectivity index (χ3n) is 6.26. The number of phenolic OH excluding ortho intramolecular Hbond substituents is 1. The van der Waals surface area contributed by atoms with Gasteiger partial charge in [-0.3, -0.25) is 9.89 Å². The average Bonchev–Trinajstić information content (AvgIpc) is 3.13. The minimum absolute atomic E-state index is 0.0995. The first-order valence-electron chi connectivity index (χ1n) is 10.3. The van der Waals surface area contributed by atoms with Gasteiger partial charge in [-0.1, -0.05) is 13.8 Å². The van der Waals surface area contributed by atoms with Crippen molar-refractivity contribution in [3.63, 3.8) is 0 Å². The summed E-state index contributed by atoms with van der Waals surface area (Å²) in [6, 6.07) is 5.53. The van der Waals surface area contributed by atoms with Gasteiger partial charge in [-0.2, -0.15) is 5.10 Å². The number of halogens is 1. The third kappa shape index (κ3) is 3.21. The van der Waals surface area contributed by atoms with Crippen LogP contribution in [0, 0.1) is 12.7 Å². The van der Waals surface area contributed by atoms with Crippen molar-refractivity contribution in [1.82, 2.24) is 25.4 Å². The van der Waals surface area contributed by atoms with Crippen molar-refractivity contribution in [3.05, 3.63) is 41.3 Å². The number of hydrogen-bond acceptors (Lipinski definition) is 5. The summed E-state index contributed by atoms with van der Waals surface area (Å²) in [5, 5.41) is 20.7. The van der Waals surface area contributed by atoms with E-state index >= 15 is 0 Å². The summed E-state index contributed by atoms with van der Waals surface area (Å²) in [7, 11) is 0. The molecule has 1 aliphatic rings. The molecule has 30 heavy (non-hydrogen) atoms. The van der Waals surface area contributed by atoms with Crippen LogP contribution in [-0.4, -0.2) is 56.3 Å². The predicted molar refractivity (Wildman–Crippen MR) is 113 cm³/mol. The van der Waals surface area contributed by atoms with Crippen molar-refractivity contribution in [2.45, 2.75) is 39.2 Å². The Morgan fingerprint density at radius 3 is 2.77 bits per heavy atom. The first kappa shape index (κ1) is 20.3. The number of aryl methyl sites for hydroxylation is 1. The lowest BCUT2D eigenvalue weighted by molar-refractivity contribution is 0.0341. The molecular weight excluding hydrogens is 385 g/mol. The molecule has 3 heterocycles. The summed E-state index contributed by atoms with van der Waals surface area (Å²) in [4.78, 5) is 20.2. The molecule has 0 spiro atoms. The van der Waals surface area contributed by atoms with E-state index in [0.29, 0.717) is 28.8 Å². The number of nitrogens with zero attached hydrogens (tertiary/aromatic N) is 3. The smallest absolute Gasteiger partial charge is 0.255 e. The maximum Gasteiger partial charge on any atom is 0.255 e. The van der Waals surface area contributed by atoms with Crippen molar-refractivity contribution < 1.29 is 14.3 Å². The Morgan fingerprint density at radius 2 is 2.07 bits per heavy atom. The summed E-state index contributed by atoms with van der Waals surface area (Å²) < 4.78 is 14.5. The molecule has 1 amide bonds. The molecule has 1 aliphatic heterocycles. The number of phenols is 1. The van der Waals surface area contributed by atoms with Crippen LogP contribution in [-0.2, 0) is 0 Å². The van der Waals surface area contributed by atoms with Crippen molar-refractivity contribution >= 4 is 16.9 Å². The summed E-state index contributed by atoms with van der Waals surface area (Å²) >= 11 is 0. The molecule has 0 saturated carbocycles. The van der Waals surface area contributed by atoms with E-state index in [1.165, 1.54) is 12.1 Å². The number of carbonyl (C=O) groups is 1. The van der Waals surface area contributed by atoms with E-state index in [0.717, 1.165) is 37.7 Å². The fraction of sp³-hybridized carbons (Fsp3) is 0.409. The highest BCUT2D eigenvalue weighted by Gasteiger charge is 2.39. The van der Waals surface area contributed by atoms with Gasteiger partial charge in [0, 0.05) is 37.0 Å². The molecule has 4 rings (SSSR count). The number of aromatic nitrogens is 3. The molecule has 0 atom stereocenters. The zero-order valence-electron chi connectivity index (χ0n) is 17.4. The number of amides is 1. The van der Waals surface area contributed by atoms with Crippen LogP contribution >= 0.6 is 0 Å². The molecule has 1 saturated heterocycles. The van der Waals surface area contributed by atoms with Gasteiger partial charge in [0.1, 0.15) is 11.6 Å². The fourth-order valence-corrected chi connectivity index (χ4v) is 4.38. The molecule has 7 nitrogen and oxygen atoms in total. The summed E-state index contributed by atoms with van der Waals surface area (Å²) in [5.41, 5.74) is 1.82. The van der Waals surface area contributed by atoms with Crippen LogP contribution in [0.4, 0.5) is 4.39 Å². The van der Waals surface area contributed by atoms with Crippen molar-refractivity contribution in [3.8, 4) is 17.0 Å². The van der Waals surface area contributed by atoms with Crippen LogP contribution in [0.25, 0.3) is 22.3 Å². The zero-order chi connectivity index (χ0) is 21.5. The lowest BCUT2D eigenvalue weighted by Crippen LogP contribution is -2.62. The van der Waals surface area contributed by atoms with Crippen LogP contribution in [0.3, 0.4) is 0 Å². The molecule has 0 unspecified atom stereocenters. The topological polar surface area (TPSA) is 94.1 Å². The number of fused-ring (bicyclic) bond motifs is 1. The second-order valence-corrected chi connectivity index (χ2v) is 7.83. The zero-order valence-corrected chi connectivity index (χ0v) is 17.4. The van der Waals surface area contributed by atoms with Gasteiger partial charge >= 0.3 is 0 Å². The molecule has 8 heteroatoms. The molecule has 0 bridgehead atoms. The molecule has 158 valence electrons. The van der Waals surface area contributed by atoms with Crippen molar-refractivity contribution in [1.29, 1.82) is 0 Å². The Labute approximate surface area is 174 Å². The molecule has 3 aromatic rings. The van der Waals surface area contributed by atoms with Crippen LogP contribution in [0.5, 0.6) is 5.75 Å². The largest absolute Gasteiger partial charge is 0.508 e. The van der Waals surface area contributed by atoms with Crippen LogP contribution in [0.1, 0.15) is 42.7 Å². The van der Waals surface area contributed by atoms with E-state index in [1.54, 1.807) is 6.07 Å². The summed E-state index contributed by atoms with van der Waals surface area (Å²) in [6.07, 6.45) is 1.67. The van der Waals surface area contributed by atoms with Crippen LogP contribution in [0.2, 0.25) is 0 Å². The third-order valence-corrected chi connectivity index (χ3v) is 6.26. The molecule has 0 aliphatic carbocycles. The first-order valence-corrected chi connectivity index (χ1v) is 10.3. The quantitative estimate of drug-likeness (QED) is 0.612. The van der Waals surface area contributed by atoms with Gasteiger partial charge in [-0.05, 0) is 38.0 Å². The van der Waals surface area contributed by atoms with Crippen LogP contribution < -0.4 is 5.32 Å². The number of benzene rings is 1. The second kappa shape index (κ2) is 7.68. The Morgan fingerprint density at radius 1 is 1.30 bits per heavy atom. The lowest BCUT2D eigenvalue weighted by Gasteiger charge is -2.47. The van der Waals surface area contributed by atoms with Crippen molar-refractivity contribution in [2.75, 3.05) is 19.6 Å². The standard InChI is InChI=1S/C22H26FN5O2/c1-4-22(5-2)12-24-8-9-28(22)21(30)16-11-18(15-7-6-14(29)10-17(15)23)25-20-19(16)13(3)26-27-20/h6-7,10-11,24,29H,4-5,8-9,12H2,1-3H3,(H,25,26,27). The van der Waals surface area contributed by atoms with E-state index < -0.39 is 5.82 Å². The molecular formula is C22H26FN5O2. The number of piperazine rings is 1. The number of aromatic hydroxyl groups is 1. The van der Waals surface area contributed by atoms with Gasteiger partial charge in [-0.25, -0.2) is 9.37 Å². The van der Waals surface area contributed by atoms with Crippen LogP contribution in [0.15, 0.2) is 24.3 Å².